The summed E-state index contributed by atoms with van der Waals surface area (Å²) in [5.41, 5.74) is 3.41. The minimum atomic E-state index is -1.01. The predicted molar refractivity (Wildman–Crippen MR) is 106 cm³/mol. The van der Waals surface area contributed by atoms with Crippen LogP contribution in [0.25, 0.3) is 0 Å². The van der Waals surface area contributed by atoms with E-state index in [0.29, 0.717) is 11.3 Å². The van der Waals surface area contributed by atoms with Crippen molar-refractivity contribution in [3.05, 3.63) is 76.7 Å². The first-order chi connectivity index (χ1) is 14.0. The highest BCUT2D eigenvalue weighted by atomic mass is 16.6. The van der Waals surface area contributed by atoms with Crippen molar-refractivity contribution in [3.63, 3.8) is 0 Å². The van der Waals surface area contributed by atoms with Crippen LogP contribution in [0.2, 0.25) is 0 Å². The topological polar surface area (TPSA) is 81.7 Å². The van der Waals surface area contributed by atoms with Gasteiger partial charge in [-0.05, 0) is 55.5 Å². The van der Waals surface area contributed by atoms with Crippen molar-refractivity contribution in [3.8, 4) is 0 Å². The van der Waals surface area contributed by atoms with Gasteiger partial charge in [-0.15, -0.1) is 0 Å². The van der Waals surface area contributed by atoms with Gasteiger partial charge in [0.2, 0.25) is 17.4 Å². The third-order valence-electron chi connectivity index (χ3n) is 5.13. The molecule has 2 aromatic carbocycles. The van der Waals surface area contributed by atoms with Crippen molar-refractivity contribution in [2.24, 2.45) is 0 Å². The second-order valence-corrected chi connectivity index (χ2v) is 7.16. The Kier molecular flexibility index (Phi) is 5.16. The number of rotatable bonds is 6. The number of ether oxygens (including phenoxy) is 2. The van der Waals surface area contributed by atoms with E-state index in [1.165, 1.54) is 18.1 Å². The van der Waals surface area contributed by atoms with Crippen LogP contribution < -0.4 is 5.32 Å². The average Bonchev–Trinajstić information content (AvgIpc) is 3.34. The third-order valence-corrected chi connectivity index (χ3v) is 5.13. The molecule has 0 spiro atoms. The molecule has 2 aromatic rings. The first-order valence-electron chi connectivity index (χ1n) is 9.62. The van der Waals surface area contributed by atoms with Crippen molar-refractivity contribution in [1.82, 2.24) is 0 Å². The Balaban J connectivity index is 1.49. The molecule has 6 heteroatoms. The molecule has 1 aliphatic carbocycles. The number of hydrogen-bond donors (Lipinski definition) is 1. The second-order valence-electron chi connectivity index (χ2n) is 7.16. The molecule has 148 valence electrons. The molecule has 2 aliphatic rings. The van der Waals surface area contributed by atoms with Crippen LogP contribution in [0.15, 0.2) is 60.0 Å². The van der Waals surface area contributed by atoms with E-state index in [-0.39, 0.29) is 23.8 Å². The highest BCUT2D eigenvalue weighted by Gasteiger charge is 2.34. The number of anilines is 1. The van der Waals surface area contributed by atoms with Crippen LogP contribution in [0.5, 0.6) is 0 Å². The molecule has 0 amide bonds. The normalized spacial score (nSPS) is 16.2. The van der Waals surface area contributed by atoms with Crippen LogP contribution in [0.3, 0.4) is 0 Å². The van der Waals surface area contributed by atoms with Gasteiger partial charge >= 0.3 is 5.97 Å². The zero-order valence-corrected chi connectivity index (χ0v) is 16.1. The fourth-order valence-corrected chi connectivity index (χ4v) is 3.60. The molecule has 0 aromatic heterocycles. The largest absolute Gasteiger partial charge is 0.470 e. The molecule has 29 heavy (non-hydrogen) atoms. The van der Waals surface area contributed by atoms with Crippen molar-refractivity contribution < 1.29 is 23.9 Å². The number of carbonyl (C=O) groups excluding carboxylic acids is 3. The highest BCUT2D eigenvalue weighted by molar-refractivity contribution is 6.20. The SMILES string of the molecule is C[C@H](OC(=O)C1=C(Nc2ccccc2)OCC1=O)C(=O)c1ccc2c(c1)CCC2. The maximum absolute atomic E-state index is 12.7. The number of hydrogen-bond acceptors (Lipinski definition) is 6. The first-order valence-corrected chi connectivity index (χ1v) is 9.62. The van der Waals surface area contributed by atoms with Crippen molar-refractivity contribution in [1.29, 1.82) is 0 Å². The summed E-state index contributed by atoms with van der Waals surface area (Å²) < 4.78 is 10.6. The van der Waals surface area contributed by atoms with E-state index >= 15 is 0 Å². The molecule has 0 saturated heterocycles. The number of para-hydroxylation sites is 1. The lowest BCUT2D eigenvalue weighted by Gasteiger charge is -2.14. The molecule has 0 fully saturated rings. The van der Waals surface area contributed by atoms with Crippen molar-refractivity contribution in [2.75, 3.05) is 11.9 Å². The Morgan fingerprint density at radius 3 is 2.62 bits per heavy atom. The maximum Gasteiger partial charge on any atom is 0.348 e. The molecule has 1 heterocycles. The Morgan fingerprint density at radius 2 is 1.83 bits per heavy atom. The fourth-order valence-electron chi connectivity index (χ4n) is 3.60. The first kappa shape index (κ1) is 18.9. The number of benzene rings is 2. The number of nitrogens with one attached hydrogen (secondary N) is 1. The zero-order chi connectivity index (χ0) is 20.4. The van der Waals surface area contributed by atoms with Gasteiger partial charge in [0, 0.05) is 11.3 Å². The number of aryl methyl sites for hydroxylation is 2. The molecule has 0 radical (unpaired) electrons. The van der Waals surface area contributed by atoms with Crippen molar-refractivity contribution >= 4 is 23.2 Å². The Hall–Kier alpha value is -3.41. The van der Waals surface area contributed by atoms with E-state index in [4.69, 9.17) is 9.47 Å². The lowest BCUT2D eigenvalue weighted by molar-refractivity contribution is -0.142. The van der Waals surface area contributed by atoms with Gasteiger partial charge < -0.3 is 14.8 Å². The Morgan fingerprint density at radius 1 is 1.07 bits per heavy atom. The molecule has 1 aliphatic heterocycles. The van der Waals surface area contributed by atoms with Gasteiger partial charge in [0.1, 0.15) is 0 Å². The molecule has 1 N–H and O–H groups in total. The third kappa shape index (κ3) is 3.92. The molecule has 4 rings (SSSR count). The fraction of sp³-hybridized carbons (Fsp3) is 0.261. The van der Waals surface area contributed by atoms with Gasteiger partial charge in [-0.3, -0.25) is 9.59 Å². The van der Waals surface area contributed by atoms with E-state index < -0.39 is 17.9 Å². The summed E-state index contributed by atoms with van der Waals surface area (Å²) in [6.07, 6.45) is 2.06. The lowest BCUT2D eigenvalue weighted by atomic mass is 10.0. The summed E-state index contributed by atoms with van der Waals surface area (Å²) >= 11 is 0. The van der Waals surface area contributed by atoms with E-state index in [9.17, 15) is 14.4 Å². The number of fused-ring (bicyclic) bond motifs is 1. The van der Waals surface area contributed by atoms with Crippen LogP contribution in [0, 0.1) is 0 Å². The summed E-state index contributed by atoms with van der Waals surface area (Å²) in [5, 5.41) is 2.92. The van der Waals surface area contributed by atoms with Gasteiger partial charge in [-0.2, -0.15) is 0 Å². The van der Waals surface area contributed by atoms with Crippen LogP contribution in [0.4, 0.5) is 5.69 Å². The maximum atomic E-state index is 12.7. The van der Waals surface area contributed by atoms with Gasteiger partial charge in [-0.25, -0.2) is 4.79 Å². The van der Waals surface area contributed by atoms with Crippen molar-refractivity contribution in [2.45, 2.75) is 32.3 Å². The van der Waals surface area contributed by atoms with E-state index in [0.717, 1.165) is 19.3 Å². The predicted octanol–water partition coefficient (Wildman–Crippen LogP) is 3.21. The monoisotopic (exact) mass is 391 g/mol. The molecule has 1 atom stereocenters. The quantitative estimate of drug-likeness (QED) is 0.463. The number of carbonyl (C=O) groups is 3. The minimum absolute atomic E-state index is 0.0448. The standard InChI is InChI=1S/C23H21NO5/c1-14(21(26)17-11-10-15-6-5-7-16(15)12-17)29-23(27)20-19(25)13-28-22(20)24-18-8-3-2-4-9-18/h2-4,8-12,14,24H,5-7,13H2,1H3/t14-/m0/s1. The zero-order valence-electron chi connectivity index (χ0n) is 16.1. The average molecular weight is 391 g/mol. The molecule has 0 unspecified atom stereocenters. The summed E-state index contributed by atoms with van der Waals surface area (Å²) in [6.45, 7) is 1.27. The summed E-state index contributed by atoms with van der Waals surface area (Å²) in [5.74, 6) is -1.60. The van der Waals surface area contributed by atoms with E-state index in [2.05, 4.69) is 5.32 Å². The van der Waals surface area contributed by atoms with Gasteiger partial charge in [0.25, 0.3) is 0 Å². The van der Waals surface area contributed by atoms with Gasteiger partial charge in [-0.1, -0.05) is 30.3 Å². The van der Waals surface area contributed by atoms with Crippen LogP contribution in [0.1, 0.15) is 34.8 Å². The Bertz CT molecular complexity index is 1010. The van der Waals surface area contributed by atoms with E-state index in [1.54, 1.807) is 18.2 Å². The summed E-state index contributed by atoms with van der Waals surface area (Å²) in [4.78, 5) is 37.5. The van der Waals surface area contributed by atoms with Crippen LogP contribution in [-0.4, -0.2) is 30.2 Å². The van der Waals surface area contributed by atoms with Gasteiger partial charge in [0.05, 0.1) is 0 Å². The molecular formula is C23H21NO5. The van der Waals surface area contributed by atoms with Gasteiger partial charge in [0.15, 0.2) is 18.3 Å². The highest BCUT2D eigenvalue weighted by Crippen LogP contribution is 2.25. The summed E-state index contributed by atoms with van der Waals surface area (Å²) in [6, 6.07) is 14.6. The second kappa shape index (κ2) is 7.91. The van der Waals surface area contributed by atoms with Crippen LogP contribution in [-0.2, 0) is 31.9 Å². The summed E-state index contributed by atoms with van der Waals surface area (Å²) in [7, 11) is 0. The lowest BCUT2D eigenvalue weighted by Crippen LogP contribution is -2.27. The molecular weight excluding hydrogens is 370 g/mol. The number of Topliss-reactive ketones (excluding diaryl/α,β-unsaturated/α-hetero) is 2. The molecule has 0 saturated carbocycles. The van der Waals surface area contributed by atoms with E-state index in [1.807, 2.05) is 30.3 Å². The smallest absolute Gasteiger partial charge is 0.348 e. The Labute approximate surface area is 168 Å². The van der Waals surface area contributed by atoms with Crippen LogP contribution >= 0.6 is 0 Å². The minimum Gasteiger partial charge on any atom is -0.470 e. The number of ketones is 2. The molecule has 6 nitrogen and oxygen atoms in total. The number of esters is 1. The molecule has 0 bridgehead atoms.